The number of ether oxygens (including phenoxy) is 3. The first-order valence-corrected chi connectivity index (χ1v) is 14.5. The third-order valence-electron chi connectivity index (χ3n) is 7.51. The molecule has 0 aliphatic carbocycles. The van der Waals surface area contributed by atoms with Gasteiger partial charge < -0.3 is 23.0 Å². The van der Waals surface area contributed by atoms with Crippen molar-refractivity contribution in [3.63, 3.8) is 0 Å². The Labute approximate surface area is 257 Å². The largest absolute Gasteiger partial charge is 0.493 e. The molecule has 0 radical (unpaired) electrons. The van der Waals surface area contributed by atoms with Gasteiger partial charge in [-0.2, -0.15) is 0 Å². The summed E-state index contributed by atoms with van der Waals surface area (Å²) in [4.78, 5) is 23.1. The minimum absolute atomic E-state index is 0.300. The molecule has 216 valence electrons. The summed E-state index contributed by atoms with van der Waals surface area (Å²) in [5.41, 5.74) is 2.94. The van der Waals surface area contributed by atoms with E-state index in [9.17, 15) is 4.79 Å². The standard InChI is InChI=1S/C33H21BrN4O6/c1-40-24-15-19(11-12-22(24)41-16-18-7-3-2-4-8-18)26-27-29(20-9-5-6-10-21(20)43-33(27)39)44-32-28(26)31-36-30(37-38(31)17-35-32)23-13-14-25(34)42-23/h2-15,17,26H,16H2,1H3. The number of furan rings is 1. The number of hydrogen-bond acceptors (Lipinski definition) is 9. The van der Waals surface area contributed by atoms with Crippen LogP contribution in [0.5, 0.6) is 23.1 Å². The summed E-state index contributed by atoms with van der Waals surface area (Å²) in [6.45, 7) is 0.366. The molecule has 0 fully saturated rings. The van der Waals surface area contributed by atoms with Crippen molar-refractivity contribution < 1.29 is 23.0 Å². The smallest absolute Gasteiger partial charge is 0.344 e. The normalized spacial score (nSPS) is 13.8. The fourth-order valence-electron chi connectivity index (χ4n) is 5.52. The molecule has 8 rings (SSSR count). The summed E-state index contributed by atoms with van der Waals surface area (Å²) < 4.78 is 31.9. The highest BCUT2D eigenvalue weighted by atomic mass is 79.9. The molecule has 10 nitrogen and oxygen atoms in total. The van der Waals surface area contributed by atoms with Crippen LogP contribution in [0.2, 0.25) is 0 Å². The van der Waals surface area contributed by atoms with Crippen LogP contribution in [0, 0.1) is 0 Å². The van der Waals surface area contributed by atoms with Crippen LogP contribution in [0.25, 0.3) is 28.2 Å². The fourth-order valence-corrected chi connectivity index (χ4v) is 5.83. The second kappa shape index (κ2) is 10.4. The molecule has 1 aliphatic rings. The topological polar surface area (TPSA) is 114 Å². The molecule has 0 amide bonds. The van der Waals surface area contributed by atoms with Crippen molar-refractivity contribution in [1.29, 1.82) is 0 Å². The van der Waals surface area contributed by atoms with Crippen LogP contribution < -0.4 is 19.8 Å². The Kier molecular flexibility index (Phi) is 6.19. The lowest BCUT2D eigenvalue weighted by Gasteiger charge is -2.27. The minimum atomic E-state index is -0.691. The zero-order chi connectivity index (χ0) is 29.8. The lowest BCUT2D eigenvalue weighted by Crippen LogP contribution is -2.22. The first-order chi connectivity index (χ1) is 21.6. The molecule has 4 aromatic heterocycles. The number of nitrogens with zero attached hydrogens (tertiary/aromatic N) is 4. The zero-order valence-electron chi connectivity index (χ0n) is 23.1. The summed E-state index contributed by atoms with van der Waals surface area (Å²) in [5, 5.41) is 5.24. The van der Waals surface area contributed by atoms with Gasteiger partial charge >= 0.3 is 5.63 Å². The second-order valence-electron chi connectivity index (χ2n) is 10.1. The molecule has 3 aromatic carbocycles. The highest BCUT2D eigenvalue weighted by molar-refractivity contribution is 9.10. The second-order valence-corrected chi connectivity index (χ2v) is 10.9. The van der Waals surface area contributed by atoms with Crippen LogP contribution in [0.1, 0.15) is 28.2 Å². The maximum atomic E-state index is 13.7. The van der Waals surface area contributed by atoms with Gasteiger partial charge in [0.1, 0.15) is 18.5 Å². The molecule has 0 saturated heterocycles. The minimum Gasteiger partial charge on any atom is -0.493 e. The quantitative estimate of drug-likeness (QED) is 0.174. The van der Waals surface area contributed by atoms with E-state index < -0.39 is 11.5 Å². The van der Waals surface area contributed by atoms with E-state index in [4.69, 9.17) is 28.0 Å². The summed E-state index contributed by atoms with van der Waals surface area (Å²) in [7, 11) is 1.58. The molecule has 0 spiro atoms. The van der Waals surface area contributed by atoms with Crippen molar-refractivity contribution >= 4 is 32.5 Å². The van der Waals surface area contributed by atoms with Gasteiger partial charge in [0.05, 0.1) is 29.5 Å². The predicted molar refractivity (Wildman–Crippen MR) is 163 cm³/mol. The number of para-hydroxylation sites is 1. The lowest BCUT2D eigenvalue weighted by atomic mass is 9.84. The number of methoxy groups -OCH3 is 1. The van der Waals surface area contributed by atoms with Crippen molar-refractivity contribution in [3.8, 4) is 34.7 Å². The van der Waals surface area contributed by atoms with Gasteiger partial charge in [-0.15, -0.1) is 5.10 Å². The van der Waals surface area contributed by atoms with Gasteiger partial charge in [-0.3, -0.25) is 0 Å². The van der Waals surface area contributed by atoms with Crippen LogP contribution >= 0.6 is 15.9 Å². The van der Waals surface area contributed by atoms with Crippen LogP contribution in [0.4, 0.5) is 0 Å². The van der Waals surface area contributed by atoms with Gasteiger partial charge in [0, 0.05) is 0 Å². The molecule has 7 aromatic rings. The third-order valence-corrected chi connectivity index (χ3v) is 7.94. The molecule has 0 saturated carbocycles. The fraction of sp³-hybridized carbons (Fsp3) is 0.0909. The molecule has 0 bridgehead atoms. The Bertz CT molecular complexity index is 2260. The molecule has 44 heavy (non-hydrogen) atoms. The number of hydrogen-bond donors (Lipinski definition) is 0. The van der Waals surface area contributed by atoms with E-state index in [-0.39, 0.29) is 0 Å². The van der Waals surface area contributed by atoms with Gasteiger partial charge in [0.25, 0.3) is 0 Å². The summed E-state index contributed by atoms with van der Waals surface area (Å²) in [5.74, 6) is 1.86. The van der Waals surface area contributed by atoms with E-state index in [1.807, 2.05) is 60.7 Å². The van der Waals surface area contributed by atoms with E-state index in [1.165, 1.54) is 6.33 Å². The van der Waals surface area contributed by atoms with Crippen molar-refractivity contribution in [2.45, 2.75) is 12.5 Å². The molecular formula is C33H21BrN4O6. The average Bonchev–Trinajstić information content (AvgIpc) is 3.69. The number of aromatic nitrogens is 4. The van der Waals surface area contributed by atoms with Gasteiger partial charge in [-0.25, -0.2) is 19.3 Å². The van der Waals surface area contributed by atoms with Crippen molar-refractivity contribution in [1.82, 2.24) is 19.6 Å². The SMILES string of the molecule is COc1cc(C2c3c(c4ccccc4oc3=O)Oc3ncn4nc(-c5ccc(Br)o5)nc4c32)ccc1OCc1ccccc1. The first kappa shape index (κ1) is 26.2. The Morgan fingerprint density at radius 2 is 1.77 bits per heavy atom. The molecule has 1 atom stereocenters. The maximum Gasteiger partial charge on any atom is 0.344 e. The third kappa shape index (κ3) is 4.32. The monoisotopic (exact) mass is 648 g/mol. The van der Waals surface area contributed by atoms with E-state index in [1.54, 1.807) is 35.9 Å². The summed E-state index contributed by atoms with van der Waals surface area (Å²) in [6.07, 6.45) is 1.53. The Hall–Kier alpha value is -5.42. The molecule has 0 N–H and O–H groups in total. The average molecular weight is 649 g/mol. The van der Waals surface area contributed by atoms with Crippen molar-refractivity contribution in [2.24, 2.45) is 0 Å². The van der Waals surface area contributed by atoms with E-state index in [2.05, 4.69) is 26.0 Å². The molecule has 1 unspecified atom stereocenters. The van der Waals surface area contributed by atoms with Gasteiger partial charge in [-0.05, 0) is 63.5 Å². The van der Waals surface area contributed by atoms with Gasteiger partial charge in [0.2, 0.25) is 11.7 Å². The Morgan fingerprint density at radius 3 is 2.59 bits per heavy atom. The Morgan fingerprint density at radius 1 is 0.932 bits per heavy atom. The predicted octanol–water partition coefficient (Wildman–Crippen LogP) is 7.13. The molecule has 11 heteroatoms. The highest BCUT2D eigenvalue weighted by Crippen LogP contribution is 2.50. The van der Waals surface area contributed by atoms with Crippen LogP contribution in [-0.4, -0.2) is 26.7 Å². The number of rotatable bonds is 6. The van der Waals surface area contributed by atoms with E-state index >= 15 is 0 Å². The molecular weight excluding hydrogens is 628 g/mol. The van der Waals surface area contributed by atoms with Crippen molar-refractivity contribution in [2.75, 3.05) is 7.11 Å². The van der Waals surface area contributed by atoms with Gasteiger partial charge in [0.15, 0.2) is 33.3 Å². The highest BCUT2D eigenvalue weighted by Gasteiger charge is 2.38. The van der Waals surface area contributed by atoms with Crippen LogP contribution in [0.3, 0.4) is 0 Å². The van der Waals surface area contributed by atoms with Gasteiger partial charge in [-0.1, -0.05) is 48.5 Å². The molecule has 1 aliphatic heterocycles. The Balaban J connectivity index is 1.33. The summed E-state index contributed by atoms with van der Waals surface area (Å²) in [6, 6.07) is 26.2. The zero-order valence-corrected chi connectivity index (χ0v) is 24.6. The number of halogens is 1. The van der Waals surface area contributed by atoms with Crippen LogP contribution in [0.15, 0.2) is 110 Å². The number of fused-ring (bicyclic) bond motifs is 6. The summed E-state index contributed by atoms with van der Waals surface area (Å²) >= 11 is 3.33. The van der Waals surface area contributed by atoms with Crippen molar-refractivity contribution in [3.05, 3.63) is 129 Å². The number of benzene rings is 3. The molecule has 5 heterocycles. The lowest BCUT2D eigenvalue weighted by molar-refractivity contribution is 0.284. The van der Waals surface area contributed by atoms with E-state index in [0.717, 1.165) is 11.1 Å². The van der Waals surface area contributed by atoms with E-state index in [0.29, 0.717) is 73.7 Å². The first-order valence-electron chi connectivity index (χ1n) is 13.7. The maximum absolute atomic E-state index is 13.7. The van der Waals surface area contributed by atoms with Crippen LogP contribution in [-0.2, 0) is 6.61 Å².